The molecule has 1 unspecified atom stereocenters. The second-order valence-electron chi connectivity index (χ2n) is 4.60. The molecule has 4 nitrogen and oxygen atoms in total. The quantitative estimate of drug-likeness (QED) is 0.756. The standard InChI is InChI=1S/C13H24N4/c1-4-7-16-13(6-9-17(2)3)11-10-15-8-5-12(11)14/h5,8,10,13,16H,4,6-7,9H2,1-3H3,(H2,14,15). The highest BCUT2D eigenvalue weighted by Gasteiger charge is 2.13. The van der Waals surface area contributed by atoms with E-state index in [0.717, 1.165) is 37.2 Å². The zero-order chi connectivity index (χ0) is 12.7. The predicted octanol–water partition coefficient (Wildman–Crippen LogP) is 1.66. The summed E-state index contributed by atoms with van der Waals surface area (Å²) in [7, 11) is 4.17. The molecule has 0 aliphatic heterocycles. The Morgan fingerprint density at radius 1 is 1.47 bits per heavy atom. The van der Waals surface area contributed by atoms with Crippen LogP contribution >= 0.6 is 0 Å². The SMILES string of the molecule is CCCNC(CCN(C)C)c1cnccc1N. The molecule has 1 rings (SSSR count). The number of nitrogen functional groups attached to an aromatic ring is 1. The smallest absolute Gasteiger partial charge is 0.0393 e. The second-order valence-corrected chi connectivity index (χ2v) is 4.60. The van der Waals surface area contributed by atoms with Crippen molar-refractivity contribution >= 4 is 5.69 Å². The lowest BCUT2D eigenvalue weighted by Gasteiger charge is -2.22. The molecule has 0 amide bonds. The van der Waals surface area contributed by atoms with E-state index in [-0.39, 0.29) is 0 Å². The van der Waals surface area contributed by atoms with Crippen molar-refractivity contribution in [3.05, 3.63) is 24.0 Å². The maximum absolute atomic E-state index is 6.01. The lowest BCUT2D eigenvalue weighted by molar-refractivity contribution is 0.361. The first-order chi connectivity index (χ1) is 8.15. The first-order valence-electron chi connectivity index (χ1n) is 6.22. The lowest BCUT2D eigenvalue weighted by Crippen LogP contribution is -2.27. The Labute approximate surface area is 104 Å². The maximum atomic E-state index is 6.01. The van der Waals surface area contributed by atoms with Crippen molar-refractivity contribution in [2.75, 3.05) is 32.9 Å². The zero-order valence-corrected chi connectivity index (χ0v) is 11.1. The lowest BCUT2D eigenvalue weighted by atomic mass is 10.0. The van der Waals surface area contributed by atoms with Crippen LogP contribution in [0, 0.1) is 0 Å². The second kappa shape index (κ2) is 7.25. The van der Waals surface area contributed by atoms with Gasteiger partial charge in [-0.2, -0.15) is 0 Å². The van der Waals surface area contributed by atoms with Crippen molar-refractivity contribution < 1.29 is 0 Å². The number of nitrogens with one attached hydrogen (secondary N) is 1. The monoisotopic (exact) mass is 236 g/mol. The summed E-state index contributed by atoms with van der Waals surface area (Å²) >= 11 is 0. The van der Waals surface area contributed by atoms with Crippen molar-refractivity contribution in [1.29, 1.82) is 0 Å². The van der Waals surface area contributed by atoms with Gasteiger partial charge in [-0.1, -0.05) is 6.92 Å². The normalized spacial score (nSPS) is 12.9. The first kappa shape index (κ1) is 13.9. The minimum atomic E-state index is 0.297. The van der Waals surface area contributed by atoms with Gasteiger partial charge in [0.2, 0.25) is 0 Å². The topological polar surface area (TPSA) is 54.2 Å². The molecule has 1 aromatic rings. The van der Waals surface area contributed by atoms with Gasteiger partial charge < -0.3 is 16.0 Å². The van der Waals surface area contributed by atoms with Crippen LogP contribution in [0.4, 0.5) is 5.69 Å². The van der Waals surface area contributed by atoms with Gasteiger partial charge in [-0.3, -0.25) is 4.98 Å². The molecule has 0 fully saturated rings. The molecule has 0 saturated heterocycles. The number of hydrogen-bond donors (Lipinski definition) is 2. The highest BCUT2D eigenvalue weighted by Crippen LogP contribution is 2.21. The Kier molecular flexibility index (Phi) is 5.94. The molecule has 0 bridgehead atoms. The van der Waals surface area contributed by atoms with E-state index in [2.05, 4.69) is 36.2 Å². The van der Waals surface area contributed by atoms with Crippen molar-refractivity contribution in [3.63, 3.8) is 0 Å². The van der Waals surface area contributed by atoms with Gasteiger partial charge in [-0.25, -0.2) is 0 Å². The number of anilines is 1. The Morgan fingerprint density at radius 2 is 2.24 bits per heavy atom. The van der Waals surface area contributed by atoms with Gasteiger partial charge in [0.1, 0.15) is 0 Å². The third-order valence-corrected chi connectivity index (χ3v) is 2.77. The summed E-state index contributed by atoms with van der Waals surface area (Å²) in [6.45, 7) is 4.21. The van der Waals surface area contributed by atoms with E-state index in [0.29, 0.717) is 6.04 Å². The predicted molar refractivity (Wildman–Crippen MR) is 72.9 cm³/mol. The van der Waals surface area contributed by atoms with Gasteiger partial charge in [0.25, 0.3) is 0 Å². The van der Waals surface area contributed by atoms with Crippen molar-refractivity contribution in [2.45, 2.75) is 25.8 Å². The number of hydrogen-bond acceptors (Lipinski definition) is 4. The van der Waals surface area contributed by atoms with E-state index in [9.17, 15) is 0 Å². The highest BCUT2D eigenvalue weighted by molar-refractivity contribution is 5.46. The third kappa shape index (κ3) is 4.71. The number of pyridine rings is 1. The van der Waals surface area contributed by atoms with Crippen LogP contribution in [-0.2, 0) is 0 Å². The van der Waals surface area contributed by atoms with Crippen molar-refractivity contribution in [1.82, 2.24) is 15.2 Å². The van der Waals surface area contributed by atoms with Crippen LogP contribution < -0.4 is 11.1 Å². The van der Waals surface area contributed by atoms with Crippen LogP contribution in [0.25, 0.3) is 0 Å². The molecule has 3 N–H and O–H groups in total. The molecule has 0 saturated carbocycles. The van der Waals surface area contributed by atoms with Crippen LogP contribution in [0.15, 0.2) is 18.5 Å². The van der Waals surface area contributed by atoms with Crippen molar-refractivity contribution in [2.24, 2.45) is 0 Å². The first-order valence-corrected chi connectivity index (χ1v) is 6.22. The van der Waals surface area contributed by atoms with Gasteiger partial charge in [-0.05, 0) is 46.1 Å². The molecule has 0 aromatic carbocycles. The van der Waals surface area contributed by atoms with Crippen LogP contribution in [0.3, 0.4) is 0 Å². The molecule has 17 heavy (non-hydrogen) atoms. The number of nitrogens with two attached hydrogens (primary N) is 1. The molecule has 1 aromatic heterocycles. The zero-order valence-electron chi connectivity index (χ0n) is 11.1. The molecule has 0 spiro atoms. The summed E-state index contributed by atoms with van der Waals surface area (Å²) < 4.78 is 0. The number of rotatable bonds is 7. The fourth-order valence-corrected chi connectivity index (χ4v) is 1.78. The minimum absolute atomic E-state index is 0.297. The van der Waals surface area contributed by atoms with Gasteiger partial charge in [0.05, 0.1) is 0 Å². The Morgan fingerprint density at radius 3 is 2.82 bits per heavy atom. The molecule has 1 atom stereocenters. The van der Waals surface area contributed by atoms with Crippen LogP contribution in [-0.4, -0.2) is 37.1 Å². The molecule has 0 aliphatic rings. The fraction of sp³-hybridized carbons (Fsp3) is 0.615. The van der Waals surface area contributed by atoms with Gasteiger partial charge in [0, 0.05) is 29.7 Å². The summed E-state index contributed by atoms with van der Waals surface area (Å²) in [5.74, 6) is 0. The fourth-order valence-electron chi connectivity index (χ4n) is 1.78. The van der Waals surface area contributed by atoms with E-state index in [4.69, 9.17) is 5.73 Å². The van der Waals surface area contributed by atoms with E-state index in [1.165, 1.54) is 0 Å². The Hall–Kier alpha value is -1.13. The molecule has 1 heterocycles. The van der Waals surface area contributed by atoms with Crippen LogP contribution in [0.5, 0.6) is 0 Å². The molecular formula is C13H24N4. The number of nitrogens with zero attached hydrogens (tertiary/aromatic N) is 2. The summed E-state index contributed by atoms with van der Waals surface area (Å²) in [5, 5.41) is 3.54. The van der Waals surface area contributed by atoms with Crippen molar-refractivity contribution in [3.8, 4) is 0 Å². The van der Waals surface area contributed by atoms with Gasteiger partial charge >= 0.3 is 0 Å². The van der Waals surface area contributed by atoms with Crippen LogP contribution in [0.2, 0.25) is 0 Å². The summed E-state index contributed by atoms with van der Waals surface area (Å²) in [5.41, 5.74) is 7.95. The summed E-state index contributed by atoms with van der Waals surface area (Å²) in [4.78, 5) is 6.36. The van der Waals surface area contributed by atoms with E-state index in [1.807, 2.05) is 12.3 Å². The van der Waals surface area contributed by atoms with Gasteiger partial charge in [-0.15, -0.1) is 0 Å². The molecular weight excluding hydrogens is 212 g/mol. The summed E-state index contributed by atoms with van der Waals surface area (Å²) in [6, 6.07) is 2.16. The average Bonchev–Trinajstić information content (AvgIpc) is 2.30. The molecule has 0 aliphatic carbocycles. The van der Waals surface area contributed by atoms with E-state index >= 15 is 0 Å². The Balaban J connectivity index is 2.71. The molecule has 96 valence electrons. The Bertz CT molecular complexity index is 325. The average molecular weight is 236 g/mol. The molecule has 4 heteroatoms. The minimum Gasteiger partial charge on any atom is -0.398 e. The third-order valence-electron chi connectivity index (χ3n) is 2.77. The van der Waals surface area contributed by atoms with Crippen LogP contribution in [0.1, 0.15) is 31.4 Å². The largest absolute Gasteiger partial charge is 0.398 e. The highest BCUT2D eigenvalue weighted by atomic mass is 15.1. The van der Waals surface area contributed by atoms with E-state index in [1.54, 1.807) is 6.20 Å². The van der Waals surface area contributed by atoms with E-state index < -0.39 is 0 Å². The number of aromatic nitrogens is 1. The maximum Gasteiger partial charge on any atom is 0.0393 e. The van der Waals surface area contributed by atoms with Gasteiger partial charge in [0.15, 0.2) is 0 Å². The molecule has 0 radical (unpaired) electrons. The summed E-state index contributed by atoms with van der Waals surface area (Å²) in [6.07, 6.45) is 5.78.